The van der Waals surface area contributed by atoms with Crippen molar-refractivity contribution in [2.75, 3.05) is 19.7 Å². The highest BCUT2D eigenvalue weighted by atomic mass is 16.6. The van der Waals surface area contributed by atoms with Gasteiger partial charge in [-0.15, -0.1) is 0 Å². The van der Waals surface area contributed by atoms with E-state index in [2.05, 4.69) is 5.32 Å². The van der Waals surface area contributed by atoms with Crippen LogP contribution in [0.3, 0.4) is 0 Å². The van der Waals surface area contributed by atoms with Crippen molar-refractivity contribution < 1.29 is 19.1 Å². The number of ether oxygens (including phenoxy) is 2. The van der Waals surface area contributed by atoms with Crippen LogP contribution in [0.25, 0.3) is 0 Å². The molecule has 0 aromatic heterocycles. The second-order valence-corrected chi connectivity index (χ2v) is 7.13. The number of nitrogens with one attached hydrogen (secondary N) is 1. The molecule has 0 aromatic rings. The maximum absolute atomic E-state index is 11.9. The molecule has 1 N–H and O–H groups in total. The molecule has 0 aliphatic carbocycles. The Morgan fingerprint density at radius 1 is 1.35 bits per heavy atom. The Kier molecular flexibility index (Phi) is 4.89. The molecule has 2 amide bonds. The van der Waals surface area contributed by atoms with Gasteiger partial charge in [-0.1, -0.05) is 20.8 Å². The van der Waals surface area contributed by atoms with Crippen molar-refractivity contribution in [2.45, 2.75) is 53.2 Å². The summed E-state index contributed by atoms with van der Waals surface area (Å²) in [4.78, 5) is 25.0. The van der Waals surface area contributed by atoms with Crippen LogP contribution in [0, 0.1) is 5.41 Å². The standard InChI is InChI=1S/C14H26N2O4/c1-13(2,3)10(9-16-7-8-19-12(16)18)15-11(17)20-14(4,5)6/h10H,7-9H2,1-6H3,(H,15,17)/t10-/m1/s1. The molecule has 6 nitrogen and oxygen atoms in total. The van der Waals surface area contributed by atoms with E-state index in [0.29, 0.717) is 19.7 Å². The second-order valence-electron chi connectivity index (χ2n) is 7.13. The molecule has 6 heteroatoms. The van der Waals surface area contributed by atoms with Gasteiger partial charge in [0, 0.05) is 6.54 Å². The van der Waals surface area contributed by atoms with Gasteiger partial charge < -0.3 is 19.7 Å². The van der Waals surface area contributed by atoms with Crippen molar-refractivity contribution in [3.8, 4) is 0 Å². The molecule has 1 aliphatic rings. The number of carbonyl (C=O) groups excluding carboxylic acids is 2. The first-order valence-corrected chi connectivity index (χ1v) is 6.90. The van der Waals surface area contributed by atoms with Crippen molar-refractivity contribution in [3.05, 3.63) is 0 Å². The highest BCUT2D eigenvalue weighted by Gasteiger charge is 2.33. The summed E-state index contributed by atoms with van der Waals surface area (Å²) in [6, 6.07) is -0.206. The van der Waals surface area contributed by atoms with Crippen LogP contribution in [-0.4, -0.2) is 48.4 Å². The van der Waals surface area contributed by atoms with Crippen molar-refractivity contribution in [2.24, 2.45) is 5.41 Å². The topological polar surface area (TPSA) is 67.9 Å². The lowest BCUT2D eigenvalue weighted by molar-refractivity contribution is 0.0446. The molecule has 0 aromatic carbocycles. The van der Waals surface area contributed by atoms with Crippen molar-refractivity contribution in [1.82, 2.24) is 10.2 Å². The van der Waals surface area contributed by atoms with Crippen LogP contribution in [0.1, 0.15) is 41.5 Å². The van der Waals surface area contributed by atoms with Gasteiger partial charge in [-0.3, -0.25) is 0 Å². The SMILES string of the molecule is CC(C)(C)OC(=O)N[C@H](CN1CCOC1=O)C(C)(C)C. The van der Waals surface area contributed by atoms with E-state index in [0.717, 1.165) is 0 Å². The molecule has 20 heavy (non-hydrogen) atoms. The first-order chi connectivity index (χ1) is 8.99. The van der Waals surface area contributed by atoms with E-state index < -0.39 is 11.7 Å². The van der Waals surface area contributed by atoms with E-state index in [-0.39, 0.29) is 17.6 Å². The minimum atomic E-state index is -0.543. The number of hydrogen-bond acceptors (Lipinski definition) is 4. The molecule has 1 rings (SSSR count). The Morgan fingerprint density at radius 3 is 2.35 bits per heavy atom. The summed E-state index contributed by atoms with van der Waals surface area (Å²) in [5.41, 5.74) is -0.737. The molecule has 0 spiro atoms. The lowest BCUT2D eigenvalue weighted by Crippen LogP contribution is -2.52. The largest absolute Gasteiger partial charge is 0.448 e. The van der Waals surface area contributed by atoms with E-state index in [9.17, 15) is 9.59 Å². The molecule has 0 radical (unpaired) electrons. The number of hydrogen-bond donors (Lipinski definition) is 1. The average molecular weight is 286 g/mol. The van der Waals surface area contributed by atoms with E-state index in [4.69, 9.17) is 9.47 Å². The van der Waals surface area contributed by atoms with Crippen molar-refractivity contribution in [1.29, 1.82) is 0 Å². The molecule has 1 fully saturated rings. The number of rotatable bonds is 3. The van der Waals surface area contributed by atoms with Gasteiger partial charge >= 0.3 is 12.2 Å². The summed E-state index contributed by atoms with van der Waals surface area (Å²) < 4.78 is 10.2. The second kappa shape index (κ2) is 5.89. The van der Waals surface area contributed by atoms with E-state index in [1.54, 1.807) is 4.90 Å². The zero-order valence-electron chi connectivity index (χ0n) is 13.3. The third-order valence-electron chi connectivity index (χ3n) is 2.98. The van der Waals surface area contributed by atoms with Gasteiger partial charge in [-0.05, 0) is 26.2 Å². The number of cyclic esters (lactones) is 1. The third-order valence-corrected chi connectivity index (χ3v) is 2.98. The minimum absolute atomic E-state index is 0.195. The Morgan fingerprint density at radius 2 is 1.95 bits per heavy atom. The fourth-order valence-corrected chi connectivity index (χ4v) is 1.80. The predicted molar refractivity (Wildman–Crippen MR) is 75.5 cm³/mol. The predicted octanol–water partition coefficient (Wildman–Crippen LogP) is 2.38. The van der Waals surface area contributed by atoms with Gasteiger partial charge in [0.2, 0.25) is 0 Å². The number of alkyl carbamates (subject to hydrolysis) is 1. The molecule has 0 bridgehead atoms. The van der Waals surface area contributed by atoms with Crippen LogP contribution in [0.5, 0.6) is 0 Å². The number of nitrogens with zero attached hydrogens (tertiary/aromatic N) is 1. The molecule has 0 saturated carbocycles. The Bertz CT molecular complexity index is 368. The molecule has 116 valence electrons. The van der Waals surface area contributed by atoms with E-state index in [1.165, 1.54) is 0 Å². The minimum Gasteiger partial charge on any atom is -0.448 e. The monoisotopic (exact) mass is 286 g/mol. The summed E-state index contributed by atoms with van der Waals surface area (Å²) in [7, 11) is 0. The Labute approximate surface area is 120 Å². The Balaban J connectivity index is 2.66. The highest BCUT2D eigenvalue weighted by Crippen LogP contribution is 2.22. The normalized spacial score (nSPS) is 17.7. The van der Waals surface area contributed by atoms with Gasteiger partial charge in [0.25, 0.3) is 0 Å². The van der Waals surface area contributed by atoms with E-state index in [1.807, 2.05) is 41.5 Å². The summed E-state index contributed by atoms with van der Waals surface area (Å²) in [6.07, 6.45) is -0.796. The van der Waals surface area contributed by atoms with Crippen LogP contribution in [0.4, 0.5) is 9.59 Å². The lowest BCUT2D eigenvalue weighted by Gasteiger charge is -2.34. The summed E-state index contributed by atoms with van der Waals surface area (Å²) in [6.45, 7) is 12.9. The van der Waals surface area contributed by atoms with E-state index >= 15 is 0 Å². The van der Waals surface area contributed by atoms with Gasteiger partial charge in [-0.2, -0.15) is 0 Å². The van der Waals surface area contributed by atoms with Gasteiger partial charge in [0.05, 0.1) is 12.6 Å². The average Bonchev–Trinajstić information content (AvgIpc) is 2.59. The Hall–Kier alpha value is -1.46. The van der Waals surface area contributed by atoms with Crippen LogP contribution in [0.2, 0.25) is 0 Å². The summed E-state index contributed by atoms with van der Waals surface area (Å²) >= 11 is 0. The van der Waals surface area contributed by atoms with Crippen LogP contribution in [-0.2, 0) is 9.47 Å². The number of carbonyl (C=O) groups is 2. The van der Waals surface area contributed by atoms with Gasteiger partial charge in [0.1, 0.15) is 12.2 Å². The van der Waals surface area contributed by atoms with Gasteiger partial charge in [0.15, 0.2) is 0 Å². The molecular formula is C14H26N2O4. The maximum Gasteiger partial charge on any atom is 0.410 e. The molecule has 1 atom stereocenters. The lowest BCUT2D eigenvalue weighted by atomic mass is 9.86. The fourth-order valence-electron chi connectivity index (χ4n) is 1.80. The highest BCUT2D eigenvalue weighted by molar-refractivity contribution is 5.70. The van der Waals surface area contributed by atoms with Crippen LogP contribution < -0.4 is 5.32 Å². The van der Waals surface area contributed by atoms with Crippen LogP contribution >= 0.6 is 0 Å². The molecule has 1 heterocycles. The quantitative estimate of drug-likeness (QED) is 0.865. The zero-order valence-corrected chi connectivity index (χ0v) is 13.3. The van der Waals surface area contributed by atoms with Crippen LogP contribution in [0.15, 0.2) is 0 Å². The smallest absolute Gasteiger partial charge is 0.410 e. The first-order valence-electron chi connectivity index (χ1n) is 6.90. The number of amides is 2. The van der Waals surface area contributed by atoms with Crippen molar-refractivity contribution >= 4 is 12.2 Å². The van der Waals surface area contributed by atoms with Gasteiger partial charge in [-0.25, -0.2) is 9.59 Å². The fraction of sp³-hybridized carbons (Fsp3) is 0.857. The molecular weight excluding hydrogens is 260 g/mol. The van der Waals surface area contributed by atoms with Crippen molar-refractivity contribution in [3.63, 3.8) is 0 Å². The third kappa shape index (κ3) is 5.27. The zero-order chi connectivity index (χ0) is 15.6. The first kappa shape index (κ1) is 16.6. The molecule has 0 unspecified atom stereocenters. The summed E-state index contributed by atoms with van der Waals surface area (Å²) in [5, 5.41) is 2.85. The maximum atomic E-state index is 11.9. The molecule has 1 aliphatic heterocycles. The summed E-state index contributed by atoms with van der Waals surface area (Å²) in [5.74, 6) is 0. The molecule has 1 saturated heterocycles.